The van der Waals surface area contributed by atoms with E-state index in [9.17, 15) is 0 Å². The van der Waals surface area contributed by atoms with Crippen molar-refractivity contribution in [3.05, 3.63) is 0 Å². The first-order chi connectivity index (χ1) is 5.38. The molecule has 2 N–H and O–H groups in total. The van der Waals surface area contributed by atoms with Crippen molar-refractivity contribution in [2.24, 2.45) is 0 Å². The molecule has 1 heterocycles. The van der Waals surface area contributed by atoms with Gasteiger partial charge in [0.25, 0.3) is 0 Å². The summed E-state index contributed by atoms with van der Waals surface area (Å²) in [6.07, 6.45) is 2.43. The third kappa shape index (κ3) is 2.41. The quantitative estimate of drug-likeness (QED) is 0.603. The highest BCUT2D eigenvalue weighted by Gasteiger charge is 2.15. The Morgan fingerprint density at radius 2 is 2.36 bits per heavy atom. The SMILES string of the molecule is CCCN1CCCNN1NC. The van der Waals surface area contributed by atoms with E-state index in [2.05, 4.69) is 22.8 Å². The van der Waals surface area contributed by atoms with Gasteiger partial charge in [0.2, 0.25) is 0 Å². The van der Waals surface area contributed by atoms with Gasteiger partial charge in [-0.1, -0.05) is 6.92 Å². The molecule has 0 aromatic rings. The molecule has 1 aliphatic rings. The number of nitrogens with one attached hydrogen (secondary N) is 2. The van der Waals surface area contributed by atoms with Gasteiger partial charge in [-0.3, -0.25) is 0 Å². The molecule has 0 atom stereocenters. The zero-order valence-corrected chi connectivity index (χ0v) is 7.43. The van der Waals surface area contributed by atoms with E-state index in [1.54, 1.807) is 0 Å². The zero-order chi connectivity index (χ0) is 8.10. The molecule has 0 bridgehead atoms. The Morgan fingerprint density at radius 1 is 1.55 bits per heavy atom. The van der Waals surface area contributed by atoms with Crippen molar-refractivity contribution in [2.75, 3.05) is 26.7 Å². The summed E-state index contributed by atoms with van der Waals surface area (Å²) in [4.78, 5) is 0. The van der Waals surface area contributed by atoms with Crippen LogP contribution in [0.2, 0.25) is 0 Å². The lowest BCUT2D eigenvalue weighted by Crippen LogP contribution is -2.60. The number of hydrogen-bond acceptors (Lipinski definition) is 4. The van der Waals surface area contributed by atoms with Gasteiger partial charge in [-0.25, -0.2) is 15.9 Å². The second-order valence-corrected chi connectivity index (χ2v) is 2.75. The molecular weight excluding hydrogens is 140 g/mol. The summed E-state index contributed by atoms with van der Waals surface area (Å²) >= 11 is 0. The molecule has 0 aromatic carbocycles. The molecule has 1 rings (SSSR count). The van der Waals surface area contributed by atoms with Gasteiger partial charge in [0.1, 0.15) is 0 Å². The highest BCUT2D eigenvalue weighted by Crippen LogP contribution is 2.00. The second-order valence-electron chi connectivity index (χ2n) is 2.75. The lowest BCUT2D eigenvalue weighted by molar-refractivity contribution is -0.129. The van der Waals surface area contributed by atoms with Gasteiger partial charge in [-0.2, -0.15) is 0 Å². The molecule has 0 radical (unpaired) electrons. The third-order valence-electron chi connectivity index (χ3n) is 1.83. The Balaban J connectivity index is 2.31. The van der Waals surface area contributed by atoms with Crippen LogP contribution in [0.15, 0.2) is 0 Å². The molecule has 11 heavy (non-hydrogen) atoms. The van der Waals surface area contributed by atoms with Gasteiger partial charge in [0, 0.05) is 26.7 Å². The van der Waals surface area contributed by atoms with Crippen LogP contribution >= 0.6 is 0 Å². The van der Waals surface area contributed by atoms with E-state index in [1.807, 2.05) is 12.3 Å². The summed E-state index contributed by atoms with van der Waals surface area (Å²) in [6, 6.07) is 0. The van der Waals surface area contributed by atoms with Gasteiger partial charge in [-0.05, 0) is 12.8 Å². The Kier molecular flexibility index (Phi) is 3.79. The van der Waals surface area contributed by atoms with E-state index in [1.165, 1.54) is 12.8 Å². The summed E-state index contributed by atoms with van der Waals surface area (Å²) in [7, 11) is 1.93. The fraction of sp³-hybridized carbons (Fsp3) is 1.00. The largest absolute Gasteiger partial charge is 0.230 e. The highest BCUT2D eigenvalue weighted by atomic mass is 15.9. The maximum Gasteiger partial charge on any atom is 0.0173 e. The molecule has 0 unspecified atom stereocenters. The maximum atomic E-state index is 3.25. The van der Waals surface area contributed by atoms with E-state index in [4.69, 9.17) is 0 Å². The van der Waals surface area contributed by atoms with Crippen LogP contribution in [-0.2, 0) is 0 Å². The number of hydrazine groups is 3. The minimum absolute atomic E-state index is 1.07. The molecule has 0 aliphatic carbocycles. The van der Waals surface area contributed by atoms with Crippen LogP contribution in [0.25, 0.3) is 0 Å². The Hall–Kier alpha value is -0.160. The van der Waals surface area contributed by atoms with Gasteiger partial charge in [0.05, 0.1) is 0 Å². The predicted molar refractivity (Wildman–Crippen MR) is 45.4 cm³/mol. The van der Waals surface area contributed by atoms with Crippen molar-refractivity contribution in [1.82, 2.24) is 21.1 Å². The molecule has 1 aliphatic heterocycles. The standard InChI is InChI=1S/C7H18N4/c1-3-6-10-7-4-5-9-11(10)8-2/h8-9H,3-7H2,1-2H3. The smallest absolute Gasteiger partial charge is 0.0173 e. The fourth-order valence-electron chi connectivity index (χ4n) is 1.34. The zero-order valence-electron chi connectivity index (χ0n) is 7.43. The first-order valence-electron chi connectivity index (χ1n) is 4.34. The van der Waals surface area contributed by atoms with Crippen LogP contribution in [0.1, 0.15) is 19.8 Å². The molecular formula is C7H18N4. The molecule has 1 fully saturated rings. The Labute approximate surface area is 68.5 Å². The minimum atomic E-state index is 1.07. The van der Waals surface area contributed by atoms with Gasteiger partial charge < -0.3 is 0 Å². The Morgan fingerprint density at radius 3 is 3.00 bits per heavy atom. The molecule has 0 aromatic heterocycles. The second kappa shape index (κ2) is 4.66. The highest BCUT2D eigenvalue weighted by molar-refractivity contribution is 4.57. The maximum absolute atomic E-state index is 3.25. The van der Waals surface area contributed by atoms with Crippen LogP contribution in [0.5, 0.6) is 0 Å². The average Bonchev–Trinajstić information content (AvgIpc) is 2.06. The summed E-state index contributed by atoms with van der Waals surface area (Å²) in [5.41, 5.74) is 6.34. The van der Waals surface area contributed by atoms with Crippen molar-refractivity contribution < 1.29 is 0 Å². The lowest BCUT2D eigenvalue weighted by atomic mass is 10.3. The van der Waals surface area contributed by atoms with Crippen molar-refractivity contribution >= 4 is 0 Å². The topological polar surface area (TPSA) is 30.5 Å². The molecule has 4 heteroatoms. The van der Waals surface area contributed by atoms with Crippen molar-refractivity contribution in [3.8, 4) is 0 Å². The summed E-state index contributed by atoms with van der Waals surface area (Å²) in [6.45, 7) is 5.54. The lowest BCUT2D eigenvalue weighted by Gasteiger charge is -2.37. The van der Waals surface area contributed by atoms with Gasteiger partial charge >= 0.3 is 0 Å². The molecule has 0 spiro atoms. The Bertz CT molecular complexity index is 105. The van der Waals surface area contributed by atoms with Crippen molar-refractivity contribution in [3.63, 3.8) is 0 Å². The van der Waals surface area contributed by atoms with E-state index < -0.39 is 0 Å². The summed E-state index contributed by atoms with van der Waals surface area (Å²) < 4.78 is 0. The van der Waals surface area contributed by atoms with Crippen LogP contribution in [-0.4, -0.2) is 36.9 Å². The van der Waals surface area contributed by atoms with Crippen LogP contribution in [0.3, 0.4) is 0 Å². The van der Waals surface area contributed by atoms with Crippen LogP contribution < -0.4 is 10.9 Å². The molecule has 0 saturated carbocycles. The van der Waals surface area contributed by atoms with Crippen LogP contribution in [0, 0.1) is 0 Å². The first kappa shape index (κ1) is 8.93. The van der Waals surface area contributed by atoms with E-state index in [0.717, 1.165) is 19.6 Å². The number of rotatable bonds is 3. The van der Waals surface area contributed by atoms with Crippen LogP contribution in [0.4, 0.5) is 0 Å². The van der Waals surface area contributed by atoms with Gasteiger partial charge in [0.15, 0.2) is 0 Å². The number of hydrogen-bond donors (Lipinski definition) is 2. The normalized spacial score (nSPS) is 22.4. The average molecular weight is 158 g/mol. The molecule has 1 saturated heterocycles. The predicted octanol–water partition coefficient (Wildman–Crippen LogP) is -0.0419. The fourth-order valence-corrected chi connectivity index (χ4v) is 1.34. The van der Waals surface area contributed by atoms with E-state index in [0.29, 0.717) is 0 Å². The van der Waals surface area contributed by atoms with E-state index in [-0.39, 0.29) is 0 Å². The molecule has 4 nitrogen and oxygen atoms in total. The molecule has 0 amide bonds. The van der Waals surface area contributed by atoms with Crippen molar-refractivity contribution in [2.45, 2.75) is 19.8 Å². The van der Waals surface area contributed by atoms with Crippen molar-refractivity contribution in [1.29, 1.82) is 0 Å². The summed E-state index contributed by atoms with van der Waals surface area (Å²) in [5, 5.41) is 4.26. The first-order valence-corrected chi connectivity index (χ1v) is 4.34. The molecule has 66 valence electrons. The minimum Gasteiger partial charge on any atom is -0.230 e. The monoisotopic (exact) mass is 158 g/mol. The summed E-state index contributed by atoms with van der Waals surface area (Å²) in [5.74, 6) is 0. The third-order valence-corrected chi connectivity index (χ3v) is 1.83. The number of nitrogens with zero attached hydrogens (tertiary/aromatic N) is 2. The van der Waals surface area contributed by atoms with Gasteiger partial charge in [-0.15, -0.1) is 5.23 Å². The van der Waals surface area contributed by atoms with E-state index >= 15 is 0 Å².